The summed E-state index contributed by atoms with van der Waals surface area (Å²) in [6, 6.07) is 9.31. The van der Waals surface area contributed by atoms with E-state index in [0.717, 1.165) is 59.6 Å². The number of halogens is 1. The van der Waals surface area contributed by atoms with Gasteiger partial charge in [-0.05, 0) is 88.7 Å². The summed E-state index contributed by atoms with van der Waals surface area (Å²) >= 11 is 0. The van der Waals surface area contributed by atoms with Crippen LogP contribution in [0.4, 0.5) is 20.6 Å². The highest BCUT2D eigenvalue weighted by Crippen LogP contribution is 2.33. The van der Waals surface area contributed by atoms with Gasteiger partial charge in [0.1, 0.15) is 11.5 Å². The number of aromatic nitrogens is 2. The summed E-state index contributed by atoms with van der Waals surface area (Å²) in [7, 11) is 2.08. The van der Waals surface area contributed by atoms with Crippen LogP contribution in [0.5, 0.6) is 0 Å². The number of likely N-dealkylation sites (N-methyl/N-ethyl adjacent to an activating group) is 1. The van der Waals surface area contributed by atoms with E-state index in [-0.39, 0.29) is 23.3 Å². The Hall–Kier alpha value is -3.39. The maximum absolute atomic E-state index is 14.6. The molecule has 0 unspecified atom stereocenters. The van der Waals surface area contributed by atoms with Gasteiger partial charge in [-0.25, -0.2) is 14.2 Å². The molecular formula is C28H35FN6O. The van der Waals surface area contributed by atoms with Crippen LogP contribution >= 0.6 is 0 Å². The summed E-state index contributed by atoms with van der Waals surface area (Å²) in [5.74, 6) is 0.0791. The standard InChI is InChI=1S/C28H35FN6O/c1-28(2,3)33-27(36)35-13-9-18(10-14-35)25-16-22-24(7-11-30-26(22)32-25)31-20-5-6-23(29)21(15-20)19-8-12-34(4)17-19/h5-7,9,11,15-16,19H,8,10,12-14,17H2,1-4H3,(H,33,36)(H2,30,31,32)/t19-/m1/s1. The van der Waals surface area contributed by atoms with Crippen molar-refractivity contribution in [3.05, 3.63) is 59.7 Å². The van der Waals surface area contributed by atoms with Gasteiger partial charge >= 0.3 is 6.03 Å². The second-order valence-corrected chi connectivity index (χ2v) is 11.0. The molecule has 2 aliphatic heterocycles. The van der Waals surface area contributed by atoms with Crippen LogP contribution in [0.2, 0.25) is 0 Å². The molecule has 1 fully saturated rings. The molecule has 0 saturated carbocycles. The average Bonchev–Trinajstić information content (AvgIpc) is 3.46. The van der Waals surface area contributed by atoms with E-state index in [1.165, 1.54) is 5.57 Å². The molecule has 1 aromatic carbocycles. The van der Waals surface area contributed by atoms with Gasteiger partial charge in [0.2, 0.25) is 0 Å². The fourth-order valence-electron chi connectivity index (χ4n) is 5.09. The molecular weight excluding hydrogens is 455 g/mol. The van der Waals surface area contributed by atoms with Crippen LogP contribution in [0.25, 0.3) is 16.6 Å². The van der Waals surface area contributed by atoms with Gasteiger partial charge in [0.15, 0.2) is 0 Å². The number of nitrogens with zero attached hydrogens (tertiary/aromatic N) is 3. The number of nitrogens with one attached hydrogen (secondary N) is 3. The van der Waals surface area contributed by atoms with Crippen molar-refractivity contribution in [2.24, 2.45) is 0 Å². The van der Waals surface area contributed by atoms with Crippen LogP contribution in [-0.2, 0) is 0 Å². The Labute approximate surface area is 211 Å². The van der Waals surface area contributed by atoms with E-state index < -0.39 is 0 Å². The van der Waals surface area contributed by atoms with Gasteiger partial charge in [-0.1, -0.05) is 6.08 Å². The number of pyridine rings is 1. The molecule has 0 spiro atoms. The van der Waals surface area contributed by atoms with E-state index in [4.69, 9.17) is 0 Å². The quantitative estimate of drug-likeness (QED) is 0.454. The second-order valence-electron chi connectivity index (χ2n) is 11.0. The number of carbonyl (C=O) groups is 1. The number of likely N-dealkylation sites (tertiary alicyclic amines) is 1. The van der Waals surface area contributed by atoms with Gasteiger partial charge < -0.3 is 25.4 Å². The van der Waals surface area contributed by atoms with E-state index in [2.05, 4.69) is 44.7 Å². The third-order valence-electron chi connectivity index (χ3n) is 6.96. The number of hydrogen-bond acceptors (Lipinski definition) is 4. The molecule has 3 N–H and O–H groups in total. The molecule has 5 rings (SSSR count). The van der Waals surface area contributed by atoms with Crippen molar-refractivity contribution in [3.63, 3.8) is 0 Å². The lowest BCUT2D eigenvalue weighted by Crippen LogP contribution is -2.49. The number of H-pyrrole nitrogens is 1. The smallest absolute Gasteiger partial charge is 0.318 e. The van der Waals surface area contributed by atoms with Crippen LogP contribution in [0, 0.1) is 5.82 Å². The molecule has 3 aromatic rings. The zero-order chi connectivity index (χ0) is 25.4. The zero-order valence-electron chi connectivity index (χ0n) is 21.5. The molecule has 2 amide bonds. The van der Waals surface area contributed by atoms with Crippen LogP contribution in [-0.4, -0.2) is 64.6 Å². The fraction of sp³-hybridized carbons (Fsp3) is 0.429. The zero-order valence-corrected chi connectivity index (χ0v) is 21.5. The largest absolute Gasteiger partial charge is 0.355 e. The predicted molar refractivity (Wildman–Crippen MR) is 143 cm³/mol. The summed E-state index contributed by atoms with van der Waals surface area (Å²) in [6.45, 7) is 9.06. The molecule has 2 aromatic heterocycles. The van der Waals surface area contributed by atoms with Crippen molar-refractivity contribution >= 4 is 34.0 Å². The maximum Gasteiger partial charge on any atom is 0.318 e. The molecule has 1 saturated heterocycles. The van der Waals surface area contributed by atoms with Gasteiger partial charge in [0, 0.05) is 54.1 Å². The summed E-state index contributed by atoms with van der Waals surface area (Å²) in [5, 5.41) is 7.50. The molecule has 1 atom stereocenters. The Balaban J connectivity index is 1.35. The lowest BCUT2D eigenvalue weighted by molar-refractivity contribution is 0.193. The minimum absolute atomic E-state index is 0.0366. The maximum atomic E-state index is 14.6. The number of benzene rings is 1. The molecule has 0 aliphatic carbocycles. The first-order valence-corrected chi connectivity index (χ1v) is 12.7. The minimum atomic E-state index is -0.258. The number of urea groups is 1. The lowest BCUT2D eigenvalue weighted by atomic mass is 9.97. The fourth-order valence-corrected chi connectivity index (χ4v) is 5.09. The van der Waals surface area contributed by atoms with Crippen LogP contribution in [0.1, 0.15) is 50.8 Å². The Morgan fingerprint density at radius 1 is 1.19 bits per heavy atom. The molecule has 190 valence electrons. The van der Waals surface area contributed by atoms with Gasteiger partial charge in [-0.2, -0.15) is 0 Å². The van der Waals surface area contributed by atoms with Gasteiger partial charge in [0.25, 0.3) is 0 Å². The first-order chi connectivity index (χ1) is 17.2. The van der Waals surface area contributed by atoms with E-state index in [0.29, 0.717) is 13.1 Å². The van der Waals surface area contributed by atoms with Crippen molar-refractivity contribution in [3.8, 4) is 0 Å². The monoisotopic (exact) mass is 490 g/mol. The van der Waals surface area contributed by atoms with Crippen molar-refractivity contribution in [1.29, 1.82) is 0 Å². The minimum Gasteiger partial charge on any atom is -0.355 e. The summed E-state index contributed by atoms with van der Waals surface area (Å²) in [4.78, 5) is 24.5. The number of fused-ring (bicyclic) bond motifs is 1. The van der Waals surface area contributed by atoms with Gasteiger partial charge in [0.05, 0.1) is 5.69 Å². The SMILES string of the molecule is CN1CC[C@@H](c2cc(Nc3ccnc4[nH]c(C5=CCN(C(=O)NC(C)(C)C)CC5)cc34)ccc2F)C1. The highest BCUT2D eigenvalue weighted by Gasteiger charge is 2.25. The van der Waals surface area contributed by atoms with Crippen LogP contribution < -0.4 is 10.6 Å². The Bertz CT molecular complexity index is 1310. The highest BCUT2D eigenvalue weighted by molar-refractivity contribution is 5.94. The van der Waals surface area contributed by atoms with E-state index in [1.807, 2.05) is 37.8 Å². The molecule has 0 bridgehead atoms. The topological polar surface area (TPSA) is 76.3 Å². The number of carbonyl (C=O) groups excluding carboxylic acids is 1. The molecule has 7 nitrogen and oxygen atoms in total. The van der Waals surface area contributed by atoms with Gasteiger partial charge in [-0.3, -0.25) is 0 Å². The highest BCUT2D eigenvalue weighted by atomic mass is 19.1. The summed E-state index contributed by atoms with van der Waals surface area (Å²) < 4.78 is 14.6. The number of anilines is 2. The van der Waals surface area contributed by atoms with Crippen molar-refractivity contribution in [2.75, 3.05) is 38.5 Å². The number of hydrogen-bond donors (Lipinski definition) is 3. The van der Waals surface area contributed by atoms with Gasteiger partial charge in [-0.15, -0.1) is 0 Å². The molecule has 2 aliphatic rings. The average molecular weight is 491 g/mol. The summed E-state index contributed by atoms with van der Waals surface area (Å²) in [5.41, 5.74) is 5.29. The number of rotatable bonds is 4. The molecule has 4 heterocycles. The molecule has 36 heavy (non-hydrogen) atoms. The van der Waals surface area contributed by atoms with Crippen LogP contribution in [0.3, 0.4) is 0 Å². The predicted octanol–water partition coefficient (Wildman–Crippen LogP) is 5.46. The summed E-state index contributed by atoms with van der Waals surface area (Å²) in [6.07, 6.45) is 5.62. The molecule has 8 heteroatoms. The number of amides is 2. The number of aromatic amines is 1. The van der Waals surface area contributed by atoms with Crippen molar-refractivity contribution in [1.82, 2.24) is 25.1 Å². The molecule has 0 radical (unpaired) electrons. The Kier molecular flexibility index (Phi) is 6.47. The first-order valence-electron chi connectivity index (χ1n) is 12.7. The van der Waals surface area contributed by atoms with Crippen molar-refractivity contribution < 1.29 is 9.18 Å². The van der Waals surface area contributed by atoms with E-state index >= 15 is 0 Å². The first kappa shape index (κ1) is 24.3. The normalized spacial score (nSPS) is 19.0. The van der Waals surface area contributed by atoms with Crippen molar-refractivity contribution in [2.45, 2.75) is 45.1 Å². The Morgan fingerprint density at radius 3 is 2.72 bits per heavy atom. The van der Waals surface area contributed by atoms with Crippen LogP contribution in [0.15, 0.2) is 42.6 Å². The third kappa shape index (κ3) is 5.23. The van der Waals surface area contributed by atoms with E-state index in [1.54, 1.807) is 18.3 Å². The lowest BCUT2D eigenvalue weighted by Gasteiger charge is -2.30. The third-order valence-corrected chi connectivity index (χ3v) is 6.96. The van der Waals surface area contributed by atoms with E-state index in [9.17, 15) is 9.18 Å². The Morgan fingerprint density at radius 2 is 2.03 bits per heavy atom. The second kappa shape index (κ2) is 9.58.